The lowest BCUT2D eigenvalue weighted by Gasteiger charge is -2.08. The van der Waals surface area contributed by atoms with Crippen LogP contribution in [0.25, 0.3) is 0 Å². The molecule has 0 spiro atoms. The number of rotatable bonds is 16. The lowest BCUT2D eigenvalue weighted by Crippen LogP contribution is -2.12. The minimum absolute atomic E-state index is 0. The molecule has 0 amide bonds. The van der Waals surface area contributed by atoms with E-state index in [4.69, 9.17) is 19.2 Å². The maximum atomic E-state index is 8.88. The third-order valence-corrected chi connectivity index (χ3v) is 4.21. The second-order valence-electron chi connectivity index (χ2n) is 7.27. The van der Waals surface area contributed by atoms with Gasteiger partial charge in [0.1, 0.15) is 0 Å². The Hall–Kier alpha value is 0.550. The van der Waals surface area contributed by atoms with Crippen LogP contribution in [0.4, 0.5) is 0 Å². The minimum atomic E-state index is -4.64. The second-order valence-corrected chi connectivity index (χ2v) is 8.29. The van der Waals surface area contributed by atoms with Crippen molar-refractivity contribution in [2.75, 3.05) is 20.6 Å². The van der Waals surface area contributed by atoms with Crippen molar-refractivity contribution in [3.8, 4) is 0 Å². The van der Waals surface area contributed by atoms with Gasteiger partial charge in [0.2, 0.25) is 0 Å². The summed E-state index contributed by atoms with van der Waals surface area (Å²) in [6.45, 7) is 3.56. The van der Waals surface area contributed by atoms with Gasteiger partial charge in [-0.1, -0.05) is 96.8 Å². The van der Waals surface area contributed by atoms with Gasteiger partial charge in [0.15, 0.2) is 0 Å². The van der Waals surface area contributed by atoms with Crippen molar-refractivity contribution in [3.63, 3.8) is 0 Å². The zero-order valence-corrected chi connectivity index (χ0v) is 20.0. The van der Waals surface area contributed by atoms with Crippen LogP contribution in [0.2, 0.25) is 0 Å². The summed E-state index contributed by atoms with van der Waals surface area (Å²) >= 11 is 0. The predicted molar refractivity (Wildman–Crippen MR) is 118 cm³/mol. The fourth-order valence-electron chi connectivity index (χ4n) is 2.80. The summed E-state index contributed by atoms with van der Waals surface area (Å²) in [5.41, 5.74) is 0. The van der Waals surface area contributed by atoms with Crippen LogP contribution in [-0.2, 0) is 4.57 Å². The first-order valence-electron chi connectivity index (χ1n) is 10.2. The highest BCUT2D eigenvalue weighted by atomic mass is 79.9. The molecular weight excluding hydrogens is 417 g/mol. The SMILES string of the molecule is Br.CCCCCCCCCCCCCCCCCN(C)C.O=P(O)(O)O. The molecule has 0 radical (unpaired) electrons. The van der Waals surface area contributed by atoms with Crippen LogP contribution >= 0.6 is 24.8 Å². The highest BCUT2D eigenvalue weighted by molar-refractivity contribution is 8.93. The van der Waals surface area contributed by atoms with E-state index in [0.29, 0.717) is 0 Å². The van der Waals surface area contributed by atoms with Gasteiger partial charge in [0.05, 0.1) is 0 Å². The van der Waals surface area contributed by atoms with Crippen LogP contribution in [-0.4, -0.2) is 40.2 Å². The summed E-state index contributed by atoms with van der Waals surface area (Å²) in [4.78, 5) is 23.9. The third kappa shape index (κ3) is 44.2. The molecule has 5 nitrogen and oxygen atoms in total. The van der Waals surface area contributed by atoms with Gasteiger partial charge in [-0.25, -0.2) is 4.57 Å². The second kappa shape index (κ2) is 23.6. The van der Waals surface area contributed by atoms with E-state index in [1.54, 1.807) is 0 Å². The van der Waals surface area contributed by atoms with E-state index in [9.17, 15) is 0 Å². The van der Waals surface area contributed by atoms with Gasteiger partial charge in [-0.05, 0) is 27.1 Å². The molecule has 7 heteroatoms. The molecule has 0 aliphatic carbocycles. The topological polar surface area (TPSA) is 81.0 Å². The number of hydrogen-bond acceptors (Lipinski definition) is 2. The summed E-state index contributed by atoms with van der Waals surface area (Å²) in [5, 5.41) is 0. The fraction of sp³-hybridized carbons (Fsp3) is 1.00. The van der Waals surface area contributed by atoms with Crippen molar-refractivity contribution in [2.24, 2.45) is 0 Å². The molecule has 0 heterocycles. The minimum Gasteiger partial charge on any atom is -0.309 e. The molecule has 0 saturated heterocycles. The molecule has 0 saturated carbocycles. The maximum Gasteiger partial charge on any atom is 0.466 e. The lowest BCUT2D eigenvalue weighted by atomic mass is 10.0. The highest BCUT2D eigenvalue weighted by Crippen LogP contribution is 2.25. The van der Waals surface area contributed by atoms with Crippen LogP contribution in [0.5, 0.6) is 0 Å². The summed E-state index contributed by atoms with van der Waals surface area (Å²) in [7, 11) is -0.298. The van der Waals surface area contributed by atoms with Gasteiger partial charge in [-0.2, -0.15) is 0 Å². The molecule has 0 unspecified atom stereocenters. The van der Waals surface area contributed by atoms with Crippen molar-refractivity contribution >= 4 is 24.8 Å². The number of unbranched alkanes of at least 4 members (excludes halogenated alkanes) is 14. The Bertz CT molecular complexity index is 293. The Morgan fingerprint density at radius 1 is 0.615 bits per heavy atom. The molecular formula is C19H45BrNO4P. The van der Waals surface area contributed by atoms with Crippen LogP contribution < -0.4 is 0 Å². The number of nitrogens with zero attached hydrogens (tertiary/aromatic N) is 1. The molecule has 0 rings (SSSR count). The molecule has 0 aromatic carbocycles. The molecule has 26 heavy (non-hydrogen) atoms. The van der Waals surface area contributed by atoms with E-state index >= 15 is 0 Å². The molecule has 0 aromatic heterocycles. The van der Waals surface area contributed by atoms with Crippen molar-refractivity contribution in [3.05, 3.63) is 0 Å². The Morgan fingerprint density at radius 2 is 0.846 bits per heavy atom. The summed E-state index contributed by atoms with van der Waals surface area (Å²) in [6.07, 6.45) is 21.8. The molecule has 0 atom stereocenters. The molecule has 162 valence electrons. The van der Waals surface area contributed by atoms with E-state index in [-0.39, 0.29) is 17.0 Å². The average Bonchev–Trinajstić information content (AvgIpc) is 2.49. The Morgan fingerprint density at radius 3 is 1.08 bits per heavy atom. The Balaban J connectivity index is -0.000000772. The van der Waals surface area contributed by atoms with Gasteiger partial charge in [-0.15, -0.1) is 17.0 Å². The molecule has 0 fully saturated rings. The van der Waals surface area contributed by atoms with Gasteiger partial charge in [-0.3, -0.25) is 0 Å². The summed E-state index contributed by atoms with van der Waals surface area (Å²) in [5.74, 6) is 0. The van der Waals surface area contributed by atoms with Crippen LogP contribution in [0.1, 0.15) is 103 Å². The largest absolute Gasteiger partial charge is 0.466 e. The first-order valence-corrected chi connectivity index (χ1v) is 11.8. The molecule has 0 aliphatic heterocycles. The Labute approximate surface area is 173 Å². The van der Waals surface area contributed by atoms with E-state index < -0.39 is 7.82 Å². The van der Waals surface area contributed by atoms with E-state index in [1.165, 1.54) is 103 Å². The zero-order chi connectivity index (χ0) is 19.4. The van der Waals surface area contributed by atoms with E-state index in [2.05, 4.69) is 25.9 Å². The number of phosphoric acid groups is 1. The van der Waals surface area contributed by atoms with Crippen molar-refractivity contribution in [1.29, 1.82) is 0 Å². The normalized spacial score (nSPS) is 11.0. The van der Waals surface area contributed by atoms with Crippen molar-refractivity contribution in [1.82, 2.24) is 4.90 Å². The van der Waals surface area contributed by atoms with E-state index in [1.807, 2.05) is 0 Å². The van der Waals surface area contributed by atoms with Gasteiger partial charge >= 0.3 is 7.82 Å². The number of halogens is 1. The average molecular weight is 462 g/mol. The third-order valence-electron chi connectivity index (χ3n) is 4.21. The lowest BCUT2D eigenvalue weighted by molar-refractivity contribution is 0.275. The van der Waals surface area contributed by atoms with Crippen LogP contribution in [0.3, 0.4) is 0 Å². The quantitative estimate of drug-likeness (QED) is 0.192. The summed E-state index contributed by atoms with van der Waals surface area (Å²) in [6, 6.07) is 0. The standard InChI is InChI=1S/C19H41N.BrH.H3O4P/c1-4-5-6-7-8-9-10-11-12-13-14-15-16-17-18-19-20(2)3;;1-5(2,3)4/h4-19H2,1-3H3;1H;(H3,1,2,3,4). The predicted octanol–water partition coefficient (Wildman–Crippen LogP) is 6.07. The molecule has 0 aromatic rings. The molecule has 0 bridgehead atoms. The molecule has 3 N–H and O–H groups in total. The van der Waals surface area contributed by atoms with Crippen molar-refractivity contribution < 1.29 is 19.2 Å². The highest BCUT2D eigenvalue weighted by Gasteiger charge is 2.00. The smallest absolute Gasteiger partial charge is 0.309 e. The monoisotopic (exact) mass is 461 g/mol. The van der Waals surface area contributed by atoms with Crippen molar-refractivity contribution in [2.45, 2.75) is 103 Å². The fourth-order valence-corrected chi connectivity index (χ4v) is 2.80. The summed E-state index contributed by atoms with van der Waals surface area (Å²) < 4.78 is 8.88. The first-order chi connectivity index (χ1) is 11.8. The van der Waals surface area contributed by atoms with E-state index in [0.717, 1.165) is 0 Å². The van der Waals surface area contributed by atoms with Crippen LogP contribution in [0.15, 0.2) is 0 Å². The Kier molecular flexibility index (Phi) is 28.4. The molecule has 0 aliphatic rings. The van der Waals surface area contributed by atoms with Crippen LogP contribution in [0, 0.1) is 0 Å². The zero-order valence-electron chi connectivity index (χ0n) is 17.4. The van der Waals surface area contributed by atoms with Gasteiger partial charge in [0, 0.05) is 0 Å². The van der Waals surface area contributed by atoms with Gasteiger partial charge in [0.25, 0.3) is 0 Å². The number of hydrogen-bond donors (Lipinski definition) is 3. The first kappa shape index (κ1) is 31.3. The maximum absolute atomic E-state index is 8.88. The van der Waals surface area contributed by atoms with Gasteiger partial charge < -0.3 is 19.6 Å².